The number of hydrogen-bond donors (Lipinski definition) is 1. The summed E-state index contributed by atoms with van der Waals surface area (Å²) in [5, 5.41) is 0. The highest BCUT2D eigenvalue weighted by atomic mass is 14.5. The second-order valence-corrected chi connectivity index (χ2v) is 9.84. The van der Waals surface area contributed by atoms with Gasteiger partial charge in [-0.05, 0) is 12.8 Å². The van der Waals surface area contributed by atoms with Gasteiger partial charge >= 0.3 is 0 Å². The first-order chi connectivity index (χ1) is 17.8. The summed E-state index contributed by atoms with van der Waals surface area (Å²) < 4.78 is 0. The van der Waals surface area contributed by atoms with Gasteiger partial charge in [0.05, 0.1) is 6.54 Å². The van der Waals surface area contributed by atoms with E-state index >= 15 is 0 Å². The van der Waals surface area contributed by atoms with Crippen LogP contribution in [0.3, 0.4) is 0 Å². The summed E-state index contributed by atoms with van der Waals surface area (Å²) >= 11 is 0. The lowest BCUT2D eigenvalue weighted by molar-refractivity contribution is -0.368. The fourth-order valence-electron chi connectivity index (χ4n) is 5.43. The molecule has 0 radical (unpaired) electrons. The summed E-state index contributed by atoms with van der Waals surface area (Å²) in [6.07, 6.45) is 10.1. The van der Waals surface area contributed by atoms with Crippen LogP contribution in [0.2, 0.25) is 0 Å². The van der Waals surface area contributed by atoms with Crippen LogP contribution in [0, 0.1) is 0 Å². The molecule has 1 nitrogen and oxygen atoms in total. The van der Waals surface area contributed by atoms with Crippen LogP contribution in [-0.2, 0) is 0 Å². The zero-order chi connectivity index (χ0) is 25.3. The number of unbranched alkanes of at least 4 members (excludes halogenated alkanes) is 7. The fourth-order valence-corrected chi connectivity index (χ4v) is 5.43. The zero-order valence-electron chi connectivity index (χ0n) is 22.2. The molecule has 36 heavy (non-hydrogen) atoms. The van der Waals surface area contributed by atoms with Crippen molar-refractivity contribution in [2.75, 3.05) is 6.54 Å². The largest absolute Gasteiger partial charge is 0.358 e. The Kier molecular flexibility index (Phi) is 12.1. The van der Waals surface area contributed by atoms with E-state index in [1.807, 2.05) is 0 Å². The van der Waals surface area contributed by atoms with Gasteiger partial charge < -0.3 is 5.73 Å². The maximum absolute atomic E-state index is 3.83. The van der Waals surface area contributed by atoms with E-state index in [0.717, 1.165) is 6.54 Å². The molecule has 4 rings (SSSR count). The second kappa shape index (κ2) is 15.8. The predicted molar refractivity (Wildman–Crippen MR) is 160 cm³/mol. The average Bonchev–Trinajstić information content (AvgIpc) is 2.96. The Balaban J connectivity index is 0.000000280. The van der Waals surface area contributed by atoms with Crippen LogP contribution >= 0.6 is 0 Å². The molecular weight excluding hydrogens is 433 g/mol. The van der Waals surface area contributed by atoms with E-state index in [-0.39, 0.29) is 0 Å². The first-order valence-corrected chi connectivity index (χ1v) is 14.0. The molecule has 0 aliphatic carbocycles. The van der Waals surface area contributed by atoms with Crippen molar-refractivity contribution in [3.8, 4) is 0 Å². The average molecular weight is 478 g/mol. The Morgan fingerprint density at radius 3 is 0.972 bits per heavy atom. The third kappa shape index (κ3) is 7.45. The number of benzene rings is 4. The van der Waals surface area contributed by atoms with E-state index in [2.05, 4.69) is 134 Å². The lowest BCUT2D eigenvalue weighted by Gasteiger charge is -2.44. The minimum Gasteiger partial charge on any atom is -0.358 e. The van der Waals surface area contributed by atoms with Crippen molar-refractivity contribution in [3.05, 3.63) is 121 Å². The van der Waals surface area contributed by atoms with Gasteiger partial charge in [-0.2, -0.15) is 21.9 Å². The van der Waals surface area contributed by atoms with Gasteiger partial charge in [0.1, 0.15) is 6.15 Å². The van der Waals surface area contributed by atoms with Gasteiger partial charge in [-0.15, -0.1) is 0 Å². The lowest BCUT2D eigenvalue weighted by atomic mass is 9.13. The van der Waals surface area contributed by atoms with Crippen LogP contribution in [0.1, 0.15) is 58.3 Å². The molecule has 0 aliphatic heterocycles. The number of hydrogen-bond acceptors (Lipinski definition) is 0. The topological polar surface area (TPSA) is 27.6 Å². The molecule has 0 amide bonds. The van der Waals surface area contributed by atoms with Crippen molar-refractivity contribution in [2.45, 2.75) is 58.3 Å². The highest BCUT2D eigenvalue weighted by molar-refractivity contribution is 7.19. The van der Waals surface area contributed by atoms with Crippen LogP contribution in [0.15, 0.2) is 121 Å². The number of quaternary nitrogens is 1. The first kappa shape index (κ1) is 27.5. The van der Waals surface area contributed by atoms with Crippen LogP contribution in [0.25, 0.3) is 0 Å². The minimum atomic E-state index is -1.22. The van der Waals surface area contributed by atoms with Gasteiger partial charge in [-0.1, -0.05) is 167 Å². The summed E-state index contributed by atoms with van der Waals surface area (Å²) in [7, 11) is 0. The van der Waals surface area contributed by atoms with Crippen LogP contribution in [-0.4, -0.2) is 12.7 Å². The molecule has 0 heterocycles. The molecule has 0 saturated heterocycles. The van der Waals surface area contributed by atoms with Gasteiger partial charge in [-0.3, -0.25) is 0 Å². The van der Waals surface area contributed by atoms with Crippen molar-refractivity contribution >= 4 is 28.0 Å². The SMILES string of the molecule is CCCCCCCCCC[NH3+].c1ccc([B-](c2ccccc2)(c2ccccc2)c2ccccc2)cc1. The highest BCUT2D eigenvalue weighted by Crippen LogP contribution is 2.09. The Morgan fingerprint density at radius 1 is 0.417 bits per heavy atom. The minimum absolute atomic E-state index is 1.12. The molecule has 0 unspecified atom stereocenters. The molecule has 0 fully saturated rings. The summed E-state index contributed by atoms with van der Waals surface area (Å²) in [5.74, 6) is 0. The molecule has 0 bridgehead atoms. The van der Waals surface area contributed by atoms with Gasteiger partial charge in [-0.25, -0.2) is 0 Å². The van der Waals surface area contributed by atoms with Crippen molar-refractivity contribution in [3.63, 3.8) is 0 Å². The quantitative estimate of drug-likeness (QED) is 0.208. The van der Waals surface area contributed by atoms with Gasteiger partial charge in [0.2, 0.25) is 0 Å². The summed E-state index contributed by atoms with van der Waals surface area (Å²) in [6.45, 7) is 3.39. The molecule has 188 valence electrons. The van der Waals surface area contributed by atoms with Crippen molar-refractivity contribution in [1.82, 2.24) is 0 Å². The second-order valence-electron chi connectivity index (χ2n) is 9.84. The van der Waals surface area contributed by atoms with E-state index < -0.39 is 6.15 Å². The molecule has 0 atom stereocenters. The van der Waals surface area contributed by atoms with Gasteiger partial charge in [0.25, 0.3) is 0 Å². The fraction of sp³-hybridized carbons (Fsp3) is 0.294. The first-order valence-electron chi connectivity index (χ1n) is 14.0. The van der Waals surface area contributed by atoms with Crippen molar-refractivity contribution in [1.29, 1.82) is 0 Å². The van der Waals surface area contributed by atoms with E-state index in [0.29, 0.717) is 0 Å². The molecular formula is C34H44BN. The van der Waals surface area contributed by atoms with E-state index in [4.69, 9.17) is 0 Å². The predicted octanol–water partition coefficient (Wildman–Crippen LogP) is 5.43. The Labute approximate surface area is 219 Å². The van der Waals surface area contributed by atoms with Crippen molar-refractivity contribution in [2.24, 2.45) is 0 Å². The summed E-state index contributed by atoms with van der Waals surface area (Å²) in [5.41, 5.74) is 9.19. The standard InChI is InChI=1S/C24H20B.C10H23N/c1-5-13-21(14-6-1)25(22-15-7-2-8-16-22,23-17-9-3-10-18-23)24-19-11-4-12-20-24;1-2-3-4-5-6-7-8-9-10-11/h1-20H;2-11H2,1H3/q-1;/p+1. The highest BCUT2D eigenvalue weighted by Gasteiger charge is 2.30. The molecule has 0 aliphatic rings. The maximum Gasteiger partial charge on any atom is 0.108 e. The van der Waals surface area contributed by atoms with E-state index in [9.17, 15) is 0 Å². The molecule has 4 aromatic carbocycles. The van der Waals surface area contributed by atoms with Gasteiger partial charge in [0.15, 0.2) is 0 Å². The van der Waals surface area contributed by atoms with Crippen LogP contribution in [0.5, 0.6) is 0 Å². The molecule has 0 spiro atoms. The maximum atomic E-state index is 3.83. The monoisotopic (exact) mass is 477 g/mol. The Morgan fingerprint density at radius 2 is 0.694 bits per heavy atom. The smallest absolute Gasteiger partial charge is 0.108 e. The summed E-state index contributed by atoms with van der Waals surface area (Å²) in [4.78, 5) is 0. The van der Waals surface area contributed by atoms with E-state index in [1.54, 1.807) is 0 Å². The molecule has 0 saturated carbocycles. The van der Waals surface area contributed by atoms with Crippen LogP contribution < -0.4 is 27.6 Å². The Bertz CT molecular complexity index is 894. The zero-order valence-corrected chi connectivity index (χ0v) is 22.2. The molecule has 4 aromatic rings. The molecule has 3 N–H and O–H groups in total. The molecule has 0 aromatic heterocycles. The van der Waals surface area contributed by atoms with Crippen molar-refractivity contribution < 1.29 is 5.73 Å². The van der Waals surface area contributed by atoms with Gasteiger partial charge in [0, 0.05) is 0 Å². The van der Waals surface area contributed by atoms with Crippen LogP contribution in [0.4, 0.5) is 0 Å². The lowest BCUT2D eigenvalue weighted by Crippen LogP contribution is -2.74. The summed E-state index contributed by atoms with van der Waals surface area (Å²) in [6, 6.07) is 43.5. The van der Waals surface area contributed by atoms with E-state index in [1.165, 1.54) is 73.2 Å². The Hall–Kier alpha value is -3.10. The number of rotatable bonds is 12. The third-order valence-corrected chi connectivity index (χ3v) is 7.30. The molecule has 2 heteroatoms. The third-order valence-electron chi connectivity index (χ3n) is 7.30. The normalized spacial score (nSPS) is 10.9.